The lowest BCUT2D eigenvalue weighted by molar-refractivity contribution is -0.387. The topological polar surface area (TPSA) is 108 Å². The fraction of sp³-hybridized carbons (Fsp3) is 0.158. The SMILES string of the molecule is Cc1noc(C)c1COc1cccc(C(=O)Nc2ccc(F)c([N+](=O)[O-])c2)c1. The third-order valence-electron chi connectivity index (χ3n) is 4.06. The molecule has 0 unspecified atom stereocenters. The summed E-state index contributed by atoms with van der Waals surface area (Å²) in [7, 11) is 0. The molecule has 0 atom stereocenters. The maximum absolute atomic E-state index is 13.4. The lowest BCUT2D eigenvalue weighted by Crippen LogP contribution is -2.12. The molecule has 1 amide bonds. The first-order valence-electron chi connectivity index (χ1n) is 8.25. The van der Waals surface area contributed by atoms with E-state index in [4.69, 9.17) is 9.26 Å². The Labute approximate surface area is 159 Å². The first-order chi connectivity index (χ1) is 13.3. The fourth-order valence-corrected chi connectivity index (χ4v) is 2.52. The van der Waals surface area contributed by atoms with Gasteiger partial charge in [-0.1, -0.05) is 11.2 Å². The van der Waals surface area contributed by atoms with E-state index in [2.05, 4.69) is 10.5 Å². The summed E-state index contributed by atoms with van der Waals surface area (Å²) in [4.78, 5) is 22.4. The number of carbonyl (C=O) groups excluding carboxylic acids is 1. The number of hydrogen-bond acceptors (Lipinski definition) is 6. The fourth-order valence-electron chi connectivity index (χ4n) is 2.52. The van der Waals surface area contributed by atoms with E-state index < -0.39 is 22.3 Å². The molecule has 0 radical (unpaired) electrons. The number of nitrogens with one attached hydrogen (secondary N) is 1. The second-order valence-corrected chi connectivity index (χ2v) is 6.00. The summed E-state index contributed by atoms with van der Waals surface area (Å²) in [5, 5.41) is 17.2. The third kappa shape index (κ3) is 4.14. The summed E-state index contributed by atoms with van der Waals surface area (Å²) in [6, 6.07) is 9.57. The second-order valence-electron chi connectivity index (χ2n) is 6.00. The first kappa shape index (κ1) is 19.0. The maximum atomic E-state index is 13.4. The summed E-state index contributed by atoms with van der Waals surface area (Å²) in [6.07, 6.45) is 0. The molecule has 1 N–H and O–H groups in total. The number of carbonyl (C=O) groups is 1. The zero-order chi connectivity index (χ0) is 20.3. The van der Waals surface area contributed by atoms with Gasteiger partial charge in [-0.15, -0.1) is 0 Å². The molecule has 3 rings (SSSR count). The molecular weight excluding hydrogens is 369 g/mol. The monoisotopic (exact) mass is 385 g/mol. The molecule has 8 nitrogen and oxygen atoms in total. The van der Waals surface area contributed by atoms with Crippen LogP contribution in [0, 0.1) is 29.8 Å². The van der Waals surface area contributed by atoms with Gasteiger partial charge in [-0.2, -0.15) is 4.39 Å². The number of nitro benzene ring substituents is 1. The Bertz CT molecular complexity index is 1030. The summed E-state index contributed by atoms with van der Waals surface area (Å²) < 4.78 is 24.2. The molecule has 9 heteroatoms. The van der Waals surface area contributed by atoms with Gasteiger partial charge in [0.25, 0.3) is 5.91 Å². The number of rotatable bonds is 6. The van der Waals surface area contributed by atoms with Gasteiger partial charge in [0.15, 0.2) is 0 Å². The van der Waals surface area contributed by atoms with Gasteiger partial charge in [0.2, 0.25) is 5.82 Å². The normalized spacial score (nSPS) is 10.5. The zero-order valence-electron chi connectivity index (χ0n) is 15.1. The van der Waals surface area contributed by atoms with Crippen molar-refractivity contribution in [2.45, 2.75) is 20.5 Å². The van der Waals surface area contributed by atoms with Crippen molar-refractivity contribution in [3.8, 4) is 5.75 Å². The van der Waals surface area contributed by atoms with Crippen molar-refractivity contribution in [3.05, 3.63) is 81.0 Å². The van der Waals surface area contributed by atoms with Gasteiger partial charge in [0.05, 0.1) is 16.2 Å². The smallest absolute Gasteiger partial charge is 0.306 e. The molecule has 1 heterocycles. The van der Waals surface area contributed by atoms with E-state index in [-0.39, 0.29) is 17.9 Å². The van der Waals surface area contributed by atoms with Gasteiger partial charge in [-0.3, -0.25) is 14.9 Å². The van der Waals surface area contributed by atoms with Crippen molar-refractivity contribution in [3.63, 3.8) is 0 Å². The third-order valence-corrected chi connectivity index (χ3v) is 4.06. The van der Waals surface area contributed by atoms with E-state index >= 15 is 0 Å². The van der Waals surface area contributed by atoms with Crippen molar-refractivity contribution in [2.24, 2.45) is 0 Å². The highest BCUT2D eigenvalue weighted by Gasteiger charge is 2.16. The van der Waals surface area contributed by atoms with Crippen LogP contribution in [0.1, 0.15) is 27.4 Å². The molecule has 0 saturated heterocycles. The van der Waals surface area contributed by atoms with Crippen LogP contribution in [0.15, 0.2) is 47.0 Å². The minimum absolute atomic E-state index is 0.111. The average molecular weight is 385 g/mol. The number of anilines is 1. The maximum Gasteiger partial charge on any atom is 0.306 e. The molecule has 28 heavy (non-hydrogen) atoms. The average Bonchev–Trinajstić information content (AvgIpc) is 2.99. The number of hydrogen-bond donors (Lipinski definition) is 1. The zero-order valence-corrected chi connectivity index (χ0v) is 15.1. The van der Waals surface area contributed by atoms with Gasteiger partial charge in [0, 0.05) is 17.3 Å². The molecule has 0 spiro atoms. The quantitative estimate of drug-likeness (QED) is 0.504. The highest BCUT2D eigenvalue weighted by molar-refractivity contribution is 6.04. The van der Waals surface area contributed by atoms with Crippen molar-refractivity contribution in [1.29, 1.82) is 0 Å². The number of aryl methyl sites for hydroxylation is 2. The molecular formula is C19H16FN3O5. The van der Waals surface area contributed by atoms with Crippen LogP contribution in [0.2, 0.25) is 0 Å². The van der Waals surface area contributed by atoms with Crippen LogP contribution >= 0.6 is 0 Å². The second kappa shape index (κ2) is 7.87. The Balaban J connectivity index is 1.72. The van der Waals surface area contributed by atoms with Crippen LogP contribution in [-0.4, -0.2) is 16.0 Å². The molecule has 3 aromatic rings. The Morgan fingerprint density at radius 3 is 2.75 bits per heavy atom. The van der Waals surface area contributed by atoms with Crippen LogP contribution in [0.25, 0.3) is 0 Å². The highest BCUT2D eigenvalue weighted by Crippen LogP contribution is 2.23. The summed E-state index contributed by atoms with van der Waals surface area (Å²) in [6.45, 7) is 3.82. The predicted molar refractivity (Wildman–Crippen MR) is 97.8 cm³/mol. The van der Waals surface area contributed by atoms with E-state index in [1.165, 1.54) is 12.1 Å². The molecule has 144 valence electrons. The predicted octanol–water partition coefficient (Wildman–Crippen LogP) is 4.17. The van der Waals surface area contributed by atoms with Crippen LogP contribution < -0.4 is 10.1 Å². The van der Waals surface area contributed by atoms with Gasteiger partial charge < -0.3 is 14.6 Å². The van der Waals surface area contributed by atoms with Crippen molar-refractivity contribution >= 4 is 17.3 Å². The molecule has 0 aliphatic carbocycles. The molecule has 0 aliphatic rings. The molecule has 0 aliphatic heterocycles. The molecule has 0 fully saturated rings. The number of benzene rings is 2. The highest BCUT2D eigenvalue weighted by atomic mass is 19.1. The first-order valence-corrected chi connectivity index (χ1v) is 8.25. The van der Waals surface area contributed by atoms with Crippen molar-refractivity contribution < 1.29 is 23.4 Å². The Hall–Kier alpha value is -3.75. The lowest BCUT2D eigenvalue weighted by atomic mass is 10.2. The van der Waals surface area contributed by atoms with Gasteiger partial charge >= 0.3 is 5.69 Å². The minimum atomic E-state index is -0.974. The summed E-state index contributed by atoms with van der Waals surface area (Å²) >= 11 is 0. The van der Waals surface area contributed by atoms with Gasteiger partial charge in [0.1, 0.15) is 18.1 Å². The number of aromatic nitrogens is 1. The van der Waals surface area contributed by atoms with Crippen molar-refractivity contribution in [1.82, 2.24) is 5.16 Å². The van der Waals surface area contributed by atoms with E-state index in [1.807, 2.05) is 0 Å². The molecule has 2 aromatic carbocycles. The summed E-state index contributed by atoms with van der Waals surface area (Å²) in [5.74, 6) is -0.372. The number of amides is 1. The number of halogens is 1. The van der Waals surface area contributed by atoms with E-state index in [0.29, 0.717) is 11.5 Å². The molecule has 1 aromatic heterocycles. The van der Waals surface area contributed by atoms with E-state index in [0.717, 1.165) is 23.4 Å². The van der Waals surface area contributed by atoms with Crippen LogP contribution in [-0.2, 0) is 6.61 Å². The van der Waals surface area contributed by atoms with Crippen LogP contribution in [0.3, 0.4) is 0 Å². The van der Waals surface area contributed by atoms with Crippen molar-refractivity contribution in [2.75, 3.05) is 5.32 Å². The number of nitro groups is 1. The van der Waals surface area contributed by atoms with Gasteiger partial charge in [-0.05, 0) is 44.2 Å². The standard InChI is InChI=1S/C19H16FN3O5/c1-11-16(12(2)28-22-11)10-27-15-5-3-4-13(8-15)19(24)21-14-6-7-17(20)18(9-14)23(25)26/h3-9H,10H2,1-2H3,(H,21,24). The largest absolute Gasteiger partial charge is 0.489 e. The molecule has 0 bridgehead atoms. The number of ether oxygens (including phenoxy) is 1. The molecule has 0 saturated carbocycles. The lowest BCUT2D eigenvalue weighted by Gasteiger charge is -2.09. The van der Waals surface area contributed by atoms with E-state index in [9.17, 15) is 19.3 Å². The van der Waals surface area contributed by atoms with E-state index in [1.54, 1.807) is 32.0 Å². The van der Waals surface area contributed by atoms with Gasteiger partial charge in [-0.25, -0.2) is 0 Å². The Morgan fingerprint density at radius 1 is 1.29 bits per heavy atom. The number of nitrogens with zero attached hydrogens (tertiary/aromatic N) is 2. The Kier molecular flexibility index (Phi) is 5.35. The van der Waals surface area contributed by atoms with Crippen LogP contribution in [0.4, 0.5) is 15.8 Å². The summed E-state index contributed by atoms with van der Waals surface area (Å²) in [5.41, 5.74) is 1.23. The minimum Gasteiger partial charge on any atom is -0.489 e. The Morgan fingerprint density at radius 2 is 2.07 bits per heavy atom. The van der Waals surface area contributed by atoms with Crippen LogP contribution in [0.5, 0.6) is 5.75 Å².